The van der Waals surface area contributed by atoms with Gasteiger partial charge < -0.3 is 14.8 Å². The Morgan fingerprint density at radius 2 is 2.18 bits per heavy atom. The summed E-state index contributed by atoms with van der Waals surface area (Å²) in [6.45, 7) is 0.877. The van der Waals surface area contributed by atoms with Crippen LogP contribution in [0.25, 0.3) is 0 Å². The van der Waals surface area contributed by atoms with Crippen molar-refractivity contribution in [2.75, 3.05) is 19.0 Å². The first-order valence-electron chi connectivity index (χ1n) is 5.50. The molecule has 1 atom stereocenters. The van der Waals surface area contributed by atoms with Gasteiger partial charge in [-0.05, 0) is 12.1 Å². The summed E-state index contributed by atoms with van der Waals surface area (Å²) in [6.07, 6.45) is 0.176. The molecular formula is C12H14ClNO3. The fourth-order valence-electron chi connectivity index (χ4n) is 1.57. The molecule has 0 bridgehead atoms. The van der Waals surface area contributed by atoms with E-state index in [2.05, 4.69) is 5.32 Å². The number of carbonyl (C=O) groups is 1. The minimum absolute atomic E-state index is 0.0672. The summed E-state index contributed by atoms with van der Waals surface area (Å²) in [5, 5.41) is 2.76. The number of rotatable bonds is 4. The van der Waals surface area contributed by atoms with E-state index in [9.17, 15) is 4.79 Å². The number of alkyl halides is 1. The minimum Gasteiger partial charge on any atom is -0.486 e. The molecule has 0 aliphatic carbocycles. The molecule has 1 heterocycles. The average Bonchev–Trinajstić information content (AvgIpc) is 2.36. The molecule has 1 aromatic rings. The maximum Gasteiger partial charge on any atom is 0.221 e. The fourth-order valence-corrected chi connectivity index (χ4v) is 1.74. The van der Waals surface area contributed by atoms with Gasteiger partial charge in [0.05, 0.1) is 6.54 Å². The zero-order chi connectivity index (χ0) is 12.1. The van der Waals surface area contributed by atoms with Crippen molar-refractivity contribution in [1.29, 1.82) is 0 Å². The van der Waals surface area contributed by atoms with Crippen LogP contribution in [-0.2, 0) is 4.79 Å². The summed E-state index contributed by atoms with van der Waals surface area (Å²) in [4.78, 5) is 11.2. The number of nitrogens with one attached hydrogen (secondary N) is 1. The van der Waals surface area contributed by atoms with Gasteiger partial charge >= 0.3 is 0 Å². The Labute approximate surface area is 105 Å². The summed E-state index contributed by atoms with van der Waals surface area (Å²) < 4.78 is 11.2. The summed E-state index contributed by atoms with van der Waals surface area (Å²) in [7, 11) is 0. The Kier molecular flexibility index (Phi) is 4.09. The van der Waals surface area contributed by atoms with Gasteiger partial charge in [0, 0.05) is 12.3 Å². The highest BCUT2D eigenvalue weighted by Gasteiger charge is 2.20. The quantitative estimate of drug-likeness (QED) is 0.831. The van der Waals surface area contributed by atoms with E-state index < -0.39 is 0 Å². The Balaban J connectivity index is 1.84. The van der Waals surface area contributed by atoms with Crippen molar-refractivity contribution in [2.45, 2.75) is 12.5 Å². The van der Waals surface area contributed by atoms with E-state index in [1.165, 1.54) is 0 Å². The third-order valence-corrected chi connectivity index (χ3v) is 2.60. The van der Waals surface area contributed by atoms with Gasteiger partial charge in [0.2, 0.25) is 5.91 Å². The van der Waals surface area contributed by atoms with Crippen LogP contribution >= 0.6 is 11.6 Å². The number of ether oxygens (including phenoxy) is 2. The van der Waals surface area contributed by atoms with Crippen LogP contribution in [0.15, 0.2) is 24.3 Å². The number of hydrogen-bond acceptors (Lipinski definition) is 3. The molecule has 0 spiro atoms. The van der Waals surface area contributed by atoms with Gasteiger partial charge in [-0.1, -0.05) is 12.1 Å². The Morgan fingerprint density at radius 1 is 1.41 bits per heavy atom. The maximum atomic E-state index is 11.2. The van der Waals surface area contributed by atoms with E-state index >= 15 is 0 Å². The second-order valence-electron chi connectivity index (χ2n) is 3.74. The molecule has 0 fully saturated rings. The summed E-state index contributed by atoms with van der Waals surface area (Å²) >= 11 is 5.47. The van der Waals surface area contributed by atoms with Crippen molar-refractivity contribution < 1.29 is 14.3 Å². The average molecular weight is 256 g/mol. The van der Waals surface area contributed by atoms with Crippen LogP contribution in [0.1, 0.15) is 6.42 Å². The summed E-state index contributed by atoms with van der Waals surface area (Å²) in [5.41, 5.74) is 0. The third kappa shape index (κ3) is 3.27. The molecule has 0 aromatic heterocycles. The Hall–Kier alpha value is -1.42. The molecule has 0 unspecified atom stereocenters. The Morgan fingerprint density at radius 3 is 2.94 bits per heavy atom. The molecule has 4 nitrogen and oxygen atoms in total. The highest BCUT2D eigenvalue weighted by Crippen LogP contribution is 2.30. The lowest BCUT2D eigenvalue weighted by atomic mass is 10.2. The molecule has 1 N–H and O–H groups in total. The number of carbonyl (C=O) groups excluding carboxylic acids is 1. The van der Waals surface area contributed by atoms with E-state index in [0.717, 1.165) is 11.5 Å². The van der Waals surface area contributed by atoms with Crippen molar-refractivity contribution in [1.82, 2.24) is 5.32 Å². The maximum absolute atomic E-state index is 11.2. The van der Waals surface area contributed by atoms with Gasteiger partial charge in [0.25, 0.3) is 0 Å². The molecule has 1 aliphatic heterocycles. The molecule has 5 heteroatoms. The number of benzene rings is 1. The second kappa shape index (κ2) is 5.77. The highest BCUT2D eigenvalue weighted by molar-refractivity contribution is 6.18. The van der Waals surface area contributed by atoms with Crippen molar-refractivity contribution in [3.05, 3.63) is 24.3 Å². The highest BCUT2D eigenvalue weighted by atomic mass is 35.5. The lowest BCUT2D eigenvalue weighted by molar-refractivity contribution is -0.121. The van der Waals surface area contributed by atoms with Gasteiger partial charge in [-0.15, -0.1) is 11.6 Å². The Bertz CT molecular complexity index is 397. The van der Waals surface area contributed by atoms with Gasteiger partial charge in [0.1, 0.15) is 12.7 Å². The summed E-state index contributed by atoms with van der Waals surface area (Å²) in [5.74, 6) is 1.73. The van der Waals surface area contributed by atoms with Crippen LogP contribution in [0.5, 0.6) is 11.5 Å². The molecule has 1 aliphatic rings. The molecule has 1 aromatic carbocycles. The predicted molar refractivity (Wildman–Crippen MR) is 64.7 cm³/mol. The number of hydrogen-bond donors (Lipinski definition) is 1. The smallest absolute Gasteiger partial charge is 0.221 e. The van der Waals surface area contributed by atoms with Crippen LogP contribution < -0.4 is 14.8 Å². The third-order valence-electron chi connectivity index (χ3n) is 2.42. The molecule has 0 saturated heterocycles. The fraction of sp³-hybridized carbons (Fsp3) is 0.417. The molecule has 2 rings (SSSR count). The predicted octanol–water partition coefficient (Wildman–Crippen LogP) is 1.57. The van der Waals surface area contributed by atoms with Crippen LogP contribution in [0.4, 0.5) is 0 Å². The van der Waals surface area contributed by atoms with E-state index in [-0.39, 0.29) is 12.0 Å². The number of amides is 1. The lowest BCUT2D eigenvalue weighted by Crippen LogP contribution is -2.40. The standard InChI is InChI=1S/C12H14ClNO3/c13-6-5-12(15)14-7-9-8-16-10-3-1-2-4-11(10)17-9/h1-4,9H,5-8H2,(H,14,15)/t9-/m1/s1. The van der Waals surface area contributed by atoms with E-state index in [0.29, 0.717) is 25.5 Å². The van der Waals surface area contributed by atoms with Crippen LogP contribution in [0.2, 0.25) is 0 Å². The molecule has 1 amide bonds. The van der Waals surface area contributed by atoms with Crippen LogP contribution in [0, 0.1) is 0 Å². The zero-order valence-electron chi connectivity index (χ0n) is 9.32. The largest absolute Gasteiger partial charge is 0.486 e. The van der Waals surface area contributed by atoms with E-state index in [1.54, 1.807) is 0 Å². The van der Waals surface area contributed by atoms with Gasteiger partial charge in [0.15, 0.2) is 11.5 Å². The van der Waals surface area contributed by atoms with Crippen molar-refractivity contribution in [2.24, 2.45) is 0 Å². The van der Waals surface area contributed by atoms with Gasteiger partial charge in [-0.3, -0.25) is 4.79 Å². The number of para-hydroxylation sites is 2. The van der Waals surface area contributed by atoms with Crippen molar-refractivity contribution >= 4 is 17.5 Å². The molecular weight excluding hydrogens is 242 g/mol. The first kappa shape index (κ1) is 12.0. The zero-order valence-corrected chi connectivity index (χ0v) is 10.1. The van der Waals surface area contributed by atoms with Gasteiger partial charge in [-0.2, -0.15) is 0 Å². The van der Waals surface area contributed by atoms with E-state index in [4.69, 9.17) is 21.1 Å². The number of fused-ring (bicyclic) bond motifs is 1. The molecule has 17 heavy (non-hydrogen) atoms. The normalized spacial score (nSPS) is 17.6. The topological polar surface area (TPSA) is 47.6 Å². The number of halogens is 1. The first-order valence-corrected chi connectivity index (χ1v) is 6.04. The SMILES string of the molecule is O=C(CCCl)NC[C@@H]1COc2ccccc2O1. The monoisotopic (exact) mass is 255 g/mol. The van der Waals surface area contributed by atoms with Crippen LogP contribution in [-0.4, -0.2) is 31.0 Å². The lowest BCUT2D eigenvalue weighted by Gasteiger charge is -2.26. The van der Waals surface area contributed by atoms with E-state index in [1.807, 2.05) is 24.3 Å². The molecule has 0 radical (unpaired) electrons. The van der Waals surface area contributed by atoms with Crippen molar-refractivity contribution in [3.8, 4) is 11.5 Å². The molecule has 92 valence electrons. The second-order valence-corrected chi connectivity index (χ2v) is 4.12. The minimum atomic E-state index is -0.149. The molecule has 0 saturated carbocycles. The van der Waals surface area contributed by atoms with Crippen molar-refractivity contribution in [3.63, 3.8) is 0 Å². The first-order chi connectivity index (χ1) is 8.29. The summed E-state index contributed by atoms with van der Waals surface area (Å²) in [6, 6.07) is 7.49. The van der Waals surface area contributed by atoms with Gasteiger partial charge in [-0.25, -0.2) is 0 Å². The van der Waals surface area contributed by atoms with Crippen LogP contribution in [0.3, 0.4) is 0 Å².